The van der Waals surface area contributed by atoms with Crippen LogP contribution in [-0.2, 0) is 10.9 Å². The lowest BCUT2D eigenvalue weighted by molar-refractivity contribution is -0.137. The van der Waals surface area contributed by atoms with Crippen LogP contribution in [0.4, 0.5) is 18.9 Å². The van der Waals surface area contributed by atoms with Crippen LogP contribution in [0.1, 0.15) is 15.9 Å². The Kier molecular flexibility index (Phi) is 3.35. The van der Waals surface area contributed by atoms with Crippen molar-refractivity contribution in [3.05, 3.63) is 35.9 Å². The Hall–Kier alpha value is -2.58. The minimum Gasteiger partial charge on any atom is -0.465 e. The molecule has 1 heterocycles. The summed E-state index contributed by atoms with van der Waals surface area (Å²) >= 11 is 0. The normalized spacial score (nSPS) is 11.4. The van der Waals surface area contributed by atoms with E-state index in [2.05, 4.69) is 14.9 Å². The molecule has 20 heavy (non-hydrogen) atoms. The van der Waals surface area contributed by atoms with Crippen LogP contribution in [0.25, 0.3) is 5.69 Å². The van der Waals surface area contributed by atoms with Crippen molar-refractivity contribution < 1.29 is 22.7 Å². The van der Waals surface area contributed by atoms with Crippen molar-refractivity contribution in [1.29, 1.82) is 0 Å². The van der Waals surface area contributed by atoms with E-state index < -0.39 is 17.7 Å². The Morgan fingerprint density at radius 1 is 1.30 bits per heavy atom. The van der Waals surface area contributed by atoms with Crippen LogP contribution in [0.5, 0.6) is 0 Å². The van der Waals surface area contributed by atoms with E-state index in [9.17, 15) is 18.0 Å². The van der Waals surface area contributed by atoms with Gasteiger partial charge in [0.25, 0.3) is 0 Å². The highest BCUT2D eigenvalue weighted by Crippen LogP contribution is 2.36. The molecular formula is C11H9F3N4O2. The van der Waals surface area contributed by atoms with Gasteiger partial charge in [0.15, 0.2) is 0 Å². The molecule has 2 rings (SSSR count). The number of carbonyl (C=O) groups is 1. The number of esters is 1. The number of benzene rings is 1. The molecule has 0 saturated heterocycles. The number of methoxy groups -OCH3 is 1. The molecule has 9 heteroatoms. The number of nitrogen functional groups attached to an aromatic ring is 1. The topological polar surface area (TPSA) is 83.0 Å². The number of alkyl halides is 3. The largest absolute Gasteiger partial charge is 0.465 e. The third-order valence-electron chi connectivity index (χ3n) is 2.58. The number of ether oxygens (including phenoxy) is 1. The summed E-state index contributed by atoms with van der Waals surface area (Å²) in [6.07, 6.45) is -2.47. The number of nitrogens with two attached hydrogens (primary N) is 1. The maximum atomic E-state index is 13.0. The molecule has 6 nitrogen and oxygen atoms in total. The van der Waals surface area contributed by atoms with Crippen molar-refractivity contribution >= 4 is 11.7 Å². The van der Waals surface area contributed by atoms with Crippen LogP contribution < -0.4 is 5.73 Å². The molecule has 0 atom stereocenters. The van der Waals surface area contributed by atoms with Crippen molar-refractivity contribution in [2.24, 2.45) is 0 Å². The van der Waals surface area contributed by atoms with Crippen molar-refractivity contribution in [3.63, 3.8) is 0 Å². The molecule has 0 amide bonds. The van der Waals surface area contributed by atoms with E-state index in [4.69, 9.17) is 5.73 Å². The van der Waals surface area contributed by atoms with Gasteiger partial charge in [-0.15, -0.1) is 10.2 Å². The van der Waals surface area contributed by atoms with Gasteiger partial charge in [-0.2, -0.15) is 13.2 Å². The molecule has 0 aliphatic rings. The number of nitrogens with zero attached hydrogens (tertiary/aromatic N) is 3. The highest BCUT2D eigenvalue weighted by Gasteiger charge is 2.35. The van der Waals surface area contributed by atoms with E-state index in [0.29, 0.717) is 6.07 Å². The molecule has 2 N–H and O–H groups in total. The smallest absolute Gasteiger partial charge is 0.418 e. The fraction of sp³-hybridized carbons (Fsp3) is 0.182. The molecular weight excluding hydrogens is 277 g/mol. The number of rotatable bonds is 2. The van der Waals surface area contributed by atoms with Crippen LogP contribution in [0.15, 0.2) is 24.8 Å². The summed E-state index contributed by atoms with van der Waals surface area (Å²) in [5.74, 6) is -0.828. The van der Waals surface area contributed by atoms with Gasteiger partial charge in [-0.25, -0.2) is 4.79 Å². The van der Waals surface area contributed by atoms with Gasteiger partial charge in [0.05, 0.1) is 23.9 Å². The first-order valence-electron chi connectivity index (χ1n) is 5.28. The second-order valence-corrected chi connectivity index (χ2v) is 3.82. The number of halogens is 3. The Bertz CT molecular complexity index is 638. The number of hydrogen-bond acceptors (Lipinski definition) is 5. The van der Waals surface area contributed by atoms with Crippen LogP contribution in [0.3, 0.4) is 0 Å². The molecule has 0 bridgehead atoms. The van der Waals surface area contributed by atoms with Gasteiger partial charge in [-0.1, -0.05) is 0 Å². The molecule has 2 aromatic rings. The average Bonchev–Trinajstić information content (AvgIpc) is 2.90. The summed E-state index contributed by atoms with van der Waals surface area (Å²) in [6.45, 7) is 0. The SMILES string of the molecule is COC(=O)c1cc(-n2cnnc2)c(C(F)(F)F)cc1N. The van der Waals surface area contributed by atoms with Crippen LogP contribution in [-0.4, -0.2) is 27.8 Å². The molecule has 106 valence electrons. The van der Waals surface area contributed by atoms with Gasteiger partial charge in [0, 0.05) is 5.69 Å². The predicted molar refractivity (Wildman–Crippen MR) is 62.1 cm³/mol. The van der Waals surface area contributed by atoms with E-state index in [0.717, 1.165) is 30.4 Å². The number of anilines is 1. The van der Waals surface area contributed by atoms with Crippen LogP contribution >= 0.6 is 0 Å². The van der Waals surface area contributed by atoms with Crippen molar-refractivity contribution in [2.45, 2.75) is 6.18 Å². The first-order valence-corrected chi connectivity index (χ1v) is 5.28. The average molecular weight is 286 g/mol. The minimum atomic E-state index is -4.64. The summed E-state index contributed by atoms with van der Waals surface area (Å²) in [5.41, 5.74) is 3.69. The summed E-state index contributed by atoms with van der Waals surface area (Å²) in [5, 5.41) is 6.87. The van der Waals surface area contributed by atoms with E-state index in [1.54, 1.807) is 0 Å². The standard InChI is InChI=1S/C11H9F3N4O2/c1-20-10(19)6-2-9(18-4-16-17-5-18)7(3-8(6)15)11(12,13)14/h2-5H,15H2,1H3. The third kappa shape index (κ3) is 2.42. The Morgan fingerprint density at radius 3 is 2.40 bits per heavy atom. The molecule has 1 aromatic heterocycles. The Morgan fingerprint density at radius 2 is 1.90 bits per heavy atom. The molecule has 0 unspecified atom stereocenters. The predicted octanol–water partition coefficient (Wildman–Crippen LogP) is 1.65. The second kappa shape index (κ2) is 4.83. The maximum Gasteiger partial charge on any atom is 0.418 e. The van der Waals surface area contributed by atoms with Gasteiger partial charge in [-0.05, 0) is 12.1 Å². The number of aromatic nitrogens is 3. The zero-order valence-corrected chi connectivity index (χ0v) is 10.2. The Balaban J connectivity index is 2.71. The van der Waals surface area contributed by atoms with Crippen LogP contribution in [0, 0.1) is 0 Å². The zero-order chi connectivity index (χ0) is 14.9. The lowest BCUT2D eigenvalue weighted by atomic mass is 10.1. The molecule has 0 aliphatic heterocycles. The lowest BCUT2D eigenvalue weighted by Gasteiger charge is -2.15. The van der Waals surface area contributed by atoms with E-state index in [-0.39, 0.29) is 16.9 Å². The fourth-order valence-electron chi connectivity index (χ4n) is 1.66. The first kappa shape index (κ1) is 13.8. The third-order valence-corrected chi connectivity index (χ3v) is 2.58. The van der Waals surface area contributed by atoms with Gasteiger partial charge in [0.2, 0.25) is 0 Å². The van der Waals surface area contributed by atoms with Gasteiger partial charge < -0.3 is 10.5 Å². The number of hydrogen-bond donors (Lipinski definition) is 1. The molecule has 0 spiro atoms. The Labute approximate surface area is 111 Å². The van der Waals surface area contributed by atoms with E-state index >= 15 is 0 Å². The highest BCUT2D eigenvalue weighted by atomic mass is 19.4. The van der Waals surface area contributed by atoms with Crippen molar-refractivity contribution in [3.8, 4) is 5.69 Å². The first-order chi connectivity index (χ1) is 9.34. The van der Waals surface area contributed by atoms with Crippen LogP contribution in [0.2, 0.25) is 0 Å². The lowest BCUT2D eigenvalue weighted by Crippen LogP contribution is -2.14. The summed E-state index contributed by atoms with van der Waals surface area (Å²) in [7, 11) is 1.11. The molecule has 0 fully saturated rings. The molecule has 0 saturated carbocycles. The summed E-state index contributed by atoms with van der Waals surface area (Å²) in [4.78, 5) is 11.5. The van der Waals surface area contributed by atoms with Crippen molar-refractivity contribution in [2.75, 3.05) is 12.8 Å². The molecule has 1 aromatic carbocycles. The summed E-state index contributed by atoms with van der Waals surface area (Å²) < 4.78 is 44.5. The second-order valence-electron chi connectivity index (χ2n) is 3.82. The fourth-order valence-corrected chi connectivity index (χ4v) is 1.66. The minimum absolute atomic E-state index is 0.163. The van der Waals surface area contributed by atoms with Gasteiger partial charge in [0.1, 0.15) is 12.7 Å². The maximum absolute atomic E-state index is 13.0. The highest BCUT2D eigenvalue weighted by molar-refractivity contribution is 5.96. The molecule has 0 radical (unpaired) electrons. The van der Waals surface area contributed by atoms with Gasteiger partial charge >= 0.3 is 12.1 Å². The molecule has 0 aliphatic carbocycles. The zero-order valence-electron chi connectivity index (χ0n) is 10.2. The monoisotopic (exact) mass is 286 g/mol. The van der Waals surface area contributed by atoms with Gasteiger partial charge in [-0.3, -0.25) is 4.57 Å². The van der Waals surface area contributed by atoms with E-state index in [1.165, 1.54) is 0 Å². The quantitative estimate of drug-likeness (QED) is 0.670. The summed E-state index contributed by atoms with van der Waals surface area (Å²) in [6, 6.07) is 1.68. The number of carbonyl (C=O) groups excluding carboxylic acids is 1. The van der Waals surface area contributed by atoms with Crippen molar-refractivity contribution in [1.82, 2.24) is 14.8 Å². The van der Waals surface area contributed by atoms with E-state index in [1.807, 2.05) is 0 Å².